The van der Waals surface area contributed by atoms with Gasteiger partial charge in [-0.3, -0.25) is 0 Å². The molecule has 0 aliphatic heterocycles. The van der Waals surface area contributed by atoms with E-state index in [1.165, 1.54) is 11.1 Å². The van der Waals surface area contributed by atoms with Crippen LogP contribution in [0.4, 0.5) is 17.1 Å². The van der Waals surface area contributed by atoms with E-state index in [9.17, 15) is 0 Å². The molecular weight excluding hydrogens is 528 g/mol. The summed E-state index contributed by atoms with van der Waals surface area (Å²) in [4.78, 5) is 7.34. The molecule has 0 bridgehead atoms. The molecule has 0 amide bonds. The zero-order chi connectivity index (χ0) is 28.3. The molecule has 4 nitrogen and oxygen atoms in total. The van der Waals surface area contributed by atoms with Crippen molar-refractivity contribution in [2.75, 3.05) is 4.90 Å². The molecule has 2 heterocycles. The number of fused-ring (bicyclic) bond motifs is 3. The Kier molecular flexibility index (Phi) is 5.16. The first-order chi connectivity index (χ1) is 21.3. The number of para-hydroxylation sites is 1. The van der Waals surface area contributed by atoms with Gasteiger partial charge in [0.15, 0.2) is 5.58 Å². The van der Waals surface area contributed by atoms with Gasteiger partial charge in [-0.25, -0.2) is 4.98 Å². The number of anilines is 3. The average Bonchev–Trinajstić information content (AvgIpc) is 3.70. The molecule has 0 spiro atoms. The molecule has 7 aromatic carbocycles. The van der Waals surface area contributed by atoms with Crippen LogP contribution in [-0.4, -0.2) is 4.98 Å². The lowest BCUT2D eigenvalue weighted by atomic mass is 10.0. The summed E-state index contributed by atoms with van der Waals surface area (Å²) >= 11 is 0. The number of nitrogens with zero attached hydrogens (tertiary/aromatic N) is 2. The van der Waals surface area contributed by atoms with Crippen LogP contribution in [-0.2, 0) is 0 Å². The predicted molar refractivity (Wildman–Crippen MR) is 176 cm³/mol. The maximum absolute atomic E-state index is 6.58. The topological polar surface area (TPSA) is 42.4 Å². The summed E-state index contributed by atoms with van der Waals surface area (Å²) in [6, 6.07) is 50.3. The highest BCUT2D eigenvalue weighted by Gasteiger charge is 2.22. The fourth-order valence-corrected chi connectivity index (χ4v) is 6.30. The molecule has 0 saturated heterocycles. The van der Waals surface area contributed by atoms with E-state index in [1.807, 2.05) is 36.4 Å². The Morgan fingerprint density at radius 2 is 1.02 bits per heavy atom. The summed E-state index contributed by atoms with van der Waals surface area (Å²) < 4.78 is 12.7. The third kappa shape index (κ3) is 3.74. The largest absolute Gasteiger partial charge is 0.456 e. The van der Waals surface area contributed by atoms with Crippen LogP contribution in [0.1, 0.15) is 0 Å². The van der Waals surface area contributed by atoms with E-state index in [4.69, 9.17) is 13.8 Å². The first kappa shape index (κ1) is 23.8. The van der Waals surface area contributed by atoms with Crippen LogP contribution in [0.25, 0.3) is 66.4 Å². The van der Waals surface area contributed by atoms with Crippen LogP contribution in [0.15, 0.2) is 154 Å². The lowest BCUT2D eigenvalue weighted by Crippen LogP contribution is -2.09. The molecule has 0 fully saturated rings. The van der Waals surface area contributed by atoms with Crippen LogP contribution in [0, 0.1) is 0 Å². The Bertz CT molecular complexity index is 2300. The predicted octanol–water partition coefficient (Wildman–Crippen LogP) is 11.1. The zero-order valence-electron chi connectivity index (χ0n) is 23.1. The van der Waals surface area contributed by atoms with Gasteiger partial charge in [-0.2, -0.15) is 0 Å². The van der Waals surface area contributed by atoms with Crippen molar-refractivity contribution in [1.29, 1.82) is 0 Å². The average molecular weight is 553 g/mol. The van der Waals surface area contributed by atoms with Crippen molar-refractivity contribution < 1.29 is 8.83 Å². The number of furan rings is 1. The van der Waals surface area contributed by atoms with Crippen molar-refractivity contribution in [3.63, 3.8) is 0 Å². The highest BCUT2D eigenvalue weighted by atomic mass is 16.3. The van der Waals surface area contributed by atoms with Crippen LogP contribution in [0.5, 0.6) is 0 Å². The maximum atomic E-state index is 6.58. The Labute approximate surface area is 247 Å². The van der Waals surface area contributed by atoms with E-state index >= 15 is 0 Å². The van der Waals surface area contributed by atoms with E-state index in [0.717, 1.165) is 66.4 Å². The Balaban J connectivity index is 1.19. The maximum Gasteiger partial charge on any atom is 0.227 e. The summed E-state index contributed by atoms with van der Waals surface area (Å²) in [5.74, 6) is 0.593. The quantitative estimate of drug-likeness (QED) is 0.199. The van der Waals surface area contributed by atoms with Crippen molar-refractivity contribution in [2.45, 2.75) is 0 Å². The fourth-order valence-electron chi connectivity index (χ4n) is 6.30. The van der Waals surface area contributed by atoms with Crippen molar-refractivity contribution in [2.24, 2.45) is 0 Å². The number of benzene rings is 7. The molecule has 0 aliphatic carbocycles. The number of hydrogen-bond acceptors (Lipinski definition) is 4. The summed E-state index contributed by atoms with van der Waals surface area (Å²) in [5.41, 5.74) is 9.82. The number of hydrogen-bond donors (Lipinski definition) is 0. The minimum atomic E-state index is 0.593. The molecule has 0 N–H and O–H groups in total. The van der Waals surface area contributed by atoms with Gasteiger partial charge in [-0.15, -0.1) is 0 Å². The molecular formula is C39H24N2O2. The van der Waals surface area contributed by atoms with E-state index in [1.54, 1.807) is 0 Å². The van der Waals surface area contributed by atoms with Crippen molar-refractivity contribution in [3.8, 4) is 22.6 Å². The van der Waals surface area contributed by atoms with Crippen molar-refractivity contribution in [1.82, 2.24) is 4.98 Å². The summed E-state index contributed by atoms with van der Waals surface area (Å²) in [6.07, 6.45) is 0. The number of rotatable bonds is 5. The lowest BCUT2D eigenvalue weighted by Gasteiger charge is -2.26. The second-order valence-electron chi connectivity index (χ2n) is 10.8. The van der Waals surface area contributed by atoms with Crippen molar-refractivity contribution >= 4 is 60.9 Å². The highest BCUT2D eigenvalue weighted by Crippen LogP contribution is 2.44. The summed E-state index contributed by atoms with van der Waals surface area (Å²) in [5, 5.41) is 4.25. The minimum Gasteiger partial charge on any atom is -0.456 e. The normalized spacial score (nSPS) is 11.7. The standard InChI is InChI=1S/C39H24N2O2/c1-3-10-25(11-4-1)26-20-22-29(23-21-26)41(28-13-5-2-6-14-28)30-15-7-12-27(24-30)39-40-37-31-16-8-18-33-35(31)36-32(38(37)43-39)17-9-19-34(36)42-33/h1-24H. The number of oxazole rings is 1. The molecule has 0 atom stereocenters. The Morgan fingerprint density at radius 3 is 1.79 bits per heavy atom. The second-order valence-corrected chi connectivity index (χ2v) is 10.8. The van der Waals surface area contributed by atoms with Gasteiger partial charge < -0.3 is 13.7 Å². The molecule has 9 aromatic rings. The van der Waals surface area contributed by atoms with E-state index in [-0.39, 0.29) is 0 Å². The molecule has 0 unspecified atom stereocenters. The van der Waals surface area contributed by atoms with E-state index < -0.39 is 0 Å². The molecule has 2 aromatic heterocycles. The zero-order valence-corrected chi connectivity index (χ0v) is 23.1. The SMILES string of the molecule is c1ccc(-c2ccc(N(c3ccccc3)c3cccc(-c4nc5c6cccc7oc8cccc(c5o4)c8c76)c3)cc2)cc1. The Morgan fingerprint density at radius 1 is 0.442 bits per heavy atom. The van der Waals surface area contributed by atoms with Gasteiger partial charge in [0.1, 0.15) is 16.7 Å². The minimum absolute atomic E-state index is 0.593. The summed E-state index contributed by atoms with van der Waals surface area (Å²) in [6.45, 7) is 0. The molecule has 202 valence electrons. The van der Waals surface area contributed by atoms with Gasteiger partial charge >= 0.3 is 0 Å². The first-order valence-corrected chi connectivity index (χ1v) is 14.4. The molecule has 0 aliphatic rings. The molecule has 0 radical (unpaired) electrons. The molecule has 9 rings (SSSR count). The fraction of sp³-hybridized carbons (Fsp3) is 0. The third-order valence-corrected chi connectivity index (χ3v) is 8.25. The first-order valence-electron chi connectivity index (χ1n) is 14.4. The molecule has 4 heteroatoms. The van der Waals surface area contributed by atoms with Gasteiger partial charge in [0.25, 0.3) is 0 Å². The molecule has 0 saturated carbocycles. The van der Waals surface area contributed by atoms with Crippen LogP contribution in [0.2, 0.25) is 0 Å². The Hall–Kier alpha value is -5.87. The number of aromatic nitrogens is 1. The third-order valence-electron chi connectivity index (χ3n) is 8.25. The van der Waals surface area contributed by atoms with Crippen molar-refractivity contribution in [3.05, 3.63) is 146 Å². The van der Waals surface area contributed by atoms with E-state index in [0.29, 0.717) is 5.89 Å². The van der Waals surface area contributed by atoms with Gasteiger partial charge in [0, 0.05) is 44.2 Å². The molecule has 43 heavy (non-hydrogen) atoms. The highest BCUT2D eigenvalue weighted by molar-refractivity contribution is 6.31. The van der Waals surface area contributed by atoms with E-state index in [2.05, 4.69) is 114 Å². The van der Waals surface area contributed by atoms with Gasteiger partial charge in [0.05, 0.1) is 0 Å². The van der Waals surface area contributed by atoms with Crippen LogP contribution >= 0.6 is 0 Å². The van der Waals surface area contributed by atoms with Gasteiger partial charge in [-0.1, -0.05) is 91.0 Å². The monoisotopic (exact) mass is 552 g/mol. The van der Waals surface area contributed by atoms with Crippen LogP contribution < -0.4 is 4.90 Å². The lowest BCUT2D eigenvalue weighted by molar-refractivity contribution is 0.623. The summed E-state index contributed by atoms with van der Waals surface area (Å²) in [7, 11) is 0. The van der Waals surface area contributed by atoms with Crippen LogP contribution in [0.3, 0.4) is 0 Å². The second kappa shape index (κ2) is 9.33. The van der Waals surface area contributed by atoms with Gasteiger partial charge in [0.2, 0.25) is 5.89 Å². The smallest absolute Gasteiger partial charge is 0.227 e. The van der Waals surface area contributed by atoms with Gasteiger partial charge in [-0.05, 0) is 65.7 Å².